The van der Waals surface area contributed by atoms with E-state index in [-0.39, 0.29) is 18.1 Å². The van der Waals surface area contributed by atoms with Crippen molar-refractivity contribution in [3.63, 3.8) is 0 Å². The Bertz CT molecular complexity index is 592. The van der Waals surface area contributed by atoms with Crippen LogP contribution in [0, 0.1) is 0 Å². The molecule has 1 aromatic rings. The lowest BCUT2D eigenvalue weighted by molar-refractivity contribution is -0.137. The van der Waals surface area contributed by atoms with E-state index in [9.17, 15) is 18.4 Å². The van der Waals surface area contributed by atoms with Gasteiger partial charge in [-0.25, -0.2) is 13.6 Å². The van der Waals surface area contributed by atoms with Gasteiger partial charge in [0, 0.05) is 24.5 Å². The molecule has 0 atom stereocenters. The number of carbonyl (C=O) groups is 2. The van der Waals surface area contributed by atoms with Crippen LogP contribution in [0.25, 0.3) is 0 Å². The van der Waals surface area contributed by atoms with Crippen LogP contribution in [-0.2, 0) is 15.5 Å². The van der Waals surface area contributed by atoms with Crippen LogP contribution in [0.2, 0.25) is 0 Å². The predicted molar refractivity (Wildman–Crippen MR) is 72.6 cm³/mol. The summed E-state index contributed by atoms with van der Waals surface area (Å²) in [5, 5.41) is 0. The Morgan fingerprint density at radius 2 is 1.82 bits per heavy atom. The molecule has 0 aromatic heterocycles. The SMILES string of the molecule is CCOC(=O)C(=O)c1cc2c(cc1C(C)(F)F)OCCCO2. The molecule has 0 amide bonds. The van der Waals surface area contributed by atoms with E-state index in [1.54, 1.807) is 0 Å². The van der Waals surface area contributed by atoms with Gasteiger partial charge in [-0.1, -0.05) is 0 Å². The predicted octanol–water partition coefficient (Wildman–Crippen LogP) is 2.71. The third-order valence-corrected chi connectivity index (χ3v) is 3.07. The fourth-order valence-corrected chi connectivity index (χ4v) is 2.07. The Morgan fingerprint density at radius 3 is 2.36 bits per heavy atom. The van der Waals surface area contributed by atoms with Crippen molar-refractivity contribution in [2.24, 2.45) is 0 Å². The van der Waals surface area contributed by atoms with Gasteiger partial charge in [-0.3, -0.25) is 4.79 Å². The van der Waals surface area contributed by atoms with Crippen molar-refractivity contribution in [3.05, 3.63) is 23.3 Å². The quantitative estimate of drug-likeness (QED) is 0.486. The second kappa shape index (κ2) is 6.29. The second-order valence-corrected chi connectivity index (χ2v) is 4.83. The second-order valence-electron chi connectivity index (χ2n) is 4.83. The van der Waals surface area contributed by atoms with Crippen molar-refractivity contribution in [1.29, 1.82) is 0 Å². The van der Waals surface area contributed by atoms with Gasteiger partial charge >= 0.3 is 5.97 Å². The summed E-state index contributed by atoms with van der Waals surface area (Å²) in [6, 6.07) is 2.17. The van der Waals surface area contributed by atoms with Crippen LogP contribution in [-0.4, -0.2) is 31.6 Å². The summed E-state index contributed by atoms with van der Waals surface area (Å²) in [7, 11) is 0. The zero-order valence-electron chi connectivity index (χ0n) is 12.3. The number of fused-ring (bicyclic) bond motifs is 1. The smallest absolute Gasteiger partial charge is 0.379 e. The zero-order chi connectivity index (χ0) is 16.3. The number of ketones is 1. The summed E-state index contributed by atoms with van der Waals surface area (Å²) in [5.41, 5.74) is -1.02. The molecule has 2 rings (SSSR count). The third kappa shape index (κ3) is 3.35. The van der Waals surface area contributed by atoms with Gasteiger partial charge in [-0.05, 0) is 19.1 Å². The molecule has 0 radical (unpaired) electrons. The number of carbonyl (C=O) groups excluding carboxylic acids is 2. The van der Waals surface area contributed by atoms with Crippen molar-refractivity contribution in [1.82, 2.24) is 0 Å². The molecular formula is C15H16F2O5. The number of Topliss-reactive ketones (excluding diaryl/α,β-unsaturated/α-hetero) is 1. The molecule has 1 aliphatic rings. The molecule has 1 heterocycles. The summed E-state index contributed by atoms with van der Waals surface area (Å²) in [4.78, 5) is 23.6. The first-order valence-electron chi connectivity index (χ1n) is 6.88. The first kappa shape index (κ1) is 16.2. The van der Waals surface area contributed by atoms with E-state index >= 15 is 0 Å². The van der Waals surface area contributed by atoms with Gasteiger partial charge in [0.15, 0.2) is 11.5 Å². The highest BCUT2D eigenvalue weighted by Crippen LogP contribution is 2.39. The highest BCUT2D eigenvalue weighted by Gasteiger charge is 2.34. The lowest BCUT2D eigenvalue weighted by atomic mass is 9.98. The van der Waals surface area contributed by atoms with E-state index in [0.717, 1.165) is 12.1 Å². The van der Waals surface area contributed by atoms with Crippen molar-refractivity contribution in [2.45, 2.75) is 26.2 Å². The summed E-state index contributed by atoms with van der Waals surface area (Å²) < 4.78 is 42.9. The number of hydrogen-bond acceptors (Lipinski definition) is 5. The van der Waals surface area contributed by atoms with Crippen molar-refractivity contribution in [2.75, 3.05) is 19.8 Å². The molecule has 0 spiro atoms. The average Bonchev–Trinajstić information content (AvgIpc) is 2.69. The first-order chi connectivity index (χ1) is 10.3. The van der Waals surface area contributed by atoms with Gasteiger partial charge in [0.1, 0.15) is 0 Å². The standard InChI is InChI=1S/C15H16F2O5/c1-3-20-14(19)13(18)9-7-11-12(22-6-4-5-21-11)8-10(9)15(2,16)17/h7-8H,3-6H2,1-2H3. The minimum absolute atomic E-state index is 0.0209. The van der Waals surface area contributed by atoms with Gasteiger partial charge in [-0.2, -0.15) is 0 Å². The topological polar surface area (TPSA) is 61.8 Å². The van der Waals surface area contributed by atoms with Gasteiger partial charge in [-0.15, -0.1) is 0 Å². The van der Waals surface area contributed by atoms with Crippen LogP contribution in [0.1, 0.15) is 36.2 Å². The van der Waals surface area contributed by atoms with E-state index in [2.05, 4.69) is 4.74 Å². The number of alkyl halides is 2. The Labute approximate surface area is 126 Å². The number of halogens is 2. The molecule has 0 bridgehead atoms. The molecule has 1 aromatic carbocycles. The minimum Gasteiger partial charge on any atom is -0.490 e. The van der Waals surface area contributed by atoms with Crippen LogP contribution in [0.5, 0.6) is 11.5 Å². The number of hydrogen-bond donors (Lipinski definition) is 0. The number of ether oxygens (including phenoxy) is 3. The lowest BCUT2D eigenvalue weighted by Crippen LogP contribution is -2.22. The monoisotopic (exact) mass is 314 g/mol. The van der Waals surface area contributed by atoms with Crippen LogP contribution < -0.4 is 9.47 Å². The number of benzene rings is 1. The van der Waals surface area contributed by atoms with Crippen LogP contribution in [0.15, 0.2) is 12.1 Å². The molecule has 0 N–H and O–H groups in total. The fraction of sp³-hybridized carbons (Fsp3) is 0.467. The molecule has 1 aliphatic heterocycles. The molecule has 0 saturated carbocycles. The summed E-state index contributed by atoms with van der Waals surface area (Å²) >= 11 is 0. The fourth-order valence-electron chi connectivity index (χ4n) is 2.07. The molecule has 120 valence electrons. The molecule has 0 fully saturated rings. The first-order valence-corrected chi connectivity index (χ1v) is 6.88. The van der Waals surface area contributed by atoms with Crippen molar-refractivity contribution < 1.29 is 32.6 Å². The van der Waals surface area contributed by atoms with Crippen LogP contribution >= 0.6 is 0 Å². The van der Waals surface area contributed by atoms with E-state index in [1.165, 1.54) is 6.92 Å². The van der Waals surface area contributed by atoms with Crippen LogP contribution in [0.3, 0.4) is 0 Å². The molecule has 7 heteroatoms. The summed E-state index contributed by atoms with van der Waals surface area (Å²) in [6.07, 6.45) is 0.591. The maximum absolute atomic E-state index is 13.8. The summed E-state index contributed by atoms with van der Waals surface area (Å²) in [6.45, 7) is 2.81. The van der Waals surface area contributed by atoms with Gasteiger partial charge in [0.2, 0.25) is 0 Å². The minimum atomic E-state index is -3.32. The maximum Gasteiger partial charge on any atom is 0.379 e. The zero-order valence-corrected chi connectivity index (χ0v) is 12.3. The van der Waals surface area contributed by atoms with E-state index < -0.39 is 28.8 Å². The Balaban J connectivity index is 2.53. The normalized spacial score (nSPS) is 14.2. The van der Waals surface area contributed by atoms with Crippen molar-refractivity contribution in [3.8, 4) is 11.5 Å². The molecule has 22 heavy (non-hydrogen) atoms. The van der Waals surface area contributed by atoms with Gasteiger partial charge in [0.05, 0.1) is 19.8 Å². The highest BCUT2D eigenvalue weighted by atomic mass is 19.3. The van der Waals surface area contributed by atoms with E-state index in [0.29, 0.717) is 26.6 Å². The van der Waals surface area contributed by atoms with Gasteiger partial charge < -0.3 is 14.2 Å². The average molecular weight is 314 g/mol. The Morgan fingerprint density at radius 1 is 1.23 bits per heavy atom. The largest absolute Gasteiger partial charge is 0.490 e. The Kier molecular flexibility index (Phi) is 4.63. The third-order valence-electron chi connectivity index (χ3n) is 3.07. The van der Waals surface area contributed by atoms with E-state index in [1.807, 2.05) is 0 Å². The Hall–Kier alpha value is -2.18. The molecule has 5 nitrogen and oxygen atoms in total. The van der Waals surface area contributed by atoms with E-state index in [4.69, 9.17) is 9.47 Å². The number of rotatable bonds is 4. The molecule has 0 aliphatic carbocycles. The molecule has 0 unspecified atom stereocenters. The molecule has 0 saturated heterocycles. The van der Waals surface area contributed by atoms with Gasteiger partial charge in [0.25, 0.3) is 11.7 Å². The maximum atomic E-state index is 13.8. The van der Waals surface area contributed by atoms with Crippen molar-refractivity contribution >= 4 is 11.8 Å². The highest BCUT2D eigenvalue weighted by molar-refractivity contribution is 6.41. The lowest BCUT2D eigenvalue weighted by Gasteiger charge is -2.18. The summed E-state index contributed by atoms with van der Waals surface area (Å²) in [5.74, 6) is -5.33. The molecular weight excluding hydrogens is 298 g/mol. The van der Waals surface area contributed by atoms with Crippen LogP contribution in [0.4, 0.5) is 8.78 Å². The number of esters is 1.